The van der Waals surface area contributed by atoms with Crippen molar-refractivity contribution in [1.82, 2.24) is 5.32 Å². The van der Waals surface area contributed by atoms with E-state index in [4.69, 9.17) is 0 Å². The SMILES string of the molecule is CC[C@H](C)N[C@@H]1CCCC[C@H]1O. The maximum absolute atomic E-state index is 9.65. The van der Waals surface area contributed by atoms with Crippen LogP contribution < -0.4 is 5.32 Å². The molecule has 0 aromatic rings. The lowest BCUT2D eigenvalue weighted by atomic mass is 9.92. The quantitative estimate of drug-likeness (QED) is 0.677. The van der Waals surface area contributed by atoms with E-state index in [0.29, 0.717) is 12.1 Å². The van der Waals surface area contributed by atoms with E-state index in [1.807, 2.05) is 0 Å². The number of rotatable bonds is 3. The van der Waals surface area contributed by atoms with Crippen molar-refractivity contribution in [2.24, 2.45) is 0 Å². The minimum atomic E-state index is -0.104. The third-order valence-corrected chi connectivity index (χ3v) is 2.84. The molecule has 0 radical (unpaired) electrons. The average Bonchev–Trinajstić information content (AvgIpc) is 2.09. The Morgan fingerprint density at radius 2 is 2.08 bits per heavy atom. The van der Waals surface area contributed by atoms with Gasteiger partial charge in [0, 0.05) is 12.1 Å². The Bertz CT molecular complexity index is 127. The highest BCUT2D eigenvalue weighted by molar-refractivity contribution is 4.81. The molecule has 0 spiro atoms. The summed E-state index contributed by atoms with van der Waals surface area (Å²) in [6, 6.07) is 0.899. The highest BCUT2D eigenvalue weighted by Crippen LogP contribution is 2.18. The second kappa shape index (κ2) is 4.83. The summed E-state index contributed by atoms with van der Waals surface area (Å²) in [6.07, 6.45) is 5.63. The molecule has 72 valence electrons. The maximum atomic E-state index is 9.65. The van der Waals surface area contributed by atoms with Crippen LogP contribution in [0.2, 0.25) is 0 Å². The van der Waals surface area contributed by atoms with Gasteiger partial charge in [0.15, 0.2) is 0 Å². The Morgan fingerprint density at radius 3 is 2.67 bits per heavy atom. The fourth-order valence-electron chi connectivity index (χ4n) is 1.79. The molecule has 1 rings (SSSR count). The van der Waals surface area contributed by atoms with Gasteiger partial charge in [-0.2, -0.15) is 0 Å². The minimum absolute atomic E-state index is 0.104. The van der Waals surface area contributed by atoms with Gasteiger partial charge in [-0.15, -0.1) is 0 Å². The molecule has 1 saturated carbocycles. The Hall–Kier alpha value is -0.0800. The van der Waals surface area contributed by atoms with Crippen LogP contribution >= 0.6 is 0 Å². The molecule has 1 fully saturated rings. The van der Waals surface area contributed by atoms with Gasteiger partial charge in [0.05, 0.1) is 6.10 Å². The topological polar surface area (TPSA) is 32.3 Å². The number of aliphatic hydroxyl groups excluding tert-OH is 1. The first-order valence-electron chi connectivity index (χ1n) is 5.18. The molecule has 0 aromatic heterocycles. The Morgan fingerprint density at radius 1 is 1.42 bits per heavy atom. The monoisotopic (exact) mass is 171 g/mol. The molecule has 0 heterocycles. The van der Waals surface area contributed by atoms with Crippen molar-refractivity contribution in [2.75, 3.05) is 0 Å². The van der Waals surface area contributed by atoms with Crippen LogP contribution in [0.1, 0.15) is 46.0 Å². The third kappa shape index (κ3) is 2.76. The fourth-order valence-corrected chi connectivity index (χ4v) is 1.79. The van der Waals surface area contributed by atoms with E-state index in [1.54, 1.807) is 0 Å². The smallest absolute Gasteiger partial charge is 0.0693 e. The molecule has 0 bridgehead atoms. The van der Waals surface area contributed by atoms with Gasteiger partial charge in [-0.1, -0.05) is 19.8 Å². The van der Waals surface area contributed by atoms with Crippen molar-refractivity contribution in [3.8, 4) is 0 Å². The molecule has 0 aromatic carbocycles. The van der Waals surface area contributed by atoms with E-state index in [2.05, 4.69) is 19.2 Å². The largest absolute Gasteiger partial charge is 0.392 e. The van der Waals surface area contributed by atoms with Crippen molar-refractivity contribution in [3.05, 3.63) is 0 Å². The van der Waals surface area contributed by atoms with Gasteiger partial charge in [-0.3, -0.25) is 0 Å². The number of hydrogen-bond acceptors (Lipinski definition) is 2. The molecular formula is C10H21NO. The first-order valence-corrected chi connectivity index (χ1v) is 5.18. The first kappa shape index (κ1) is 10.0. The van der Waals surface area contributed by atoms with Gasteiger partial charge in [0.25, 0.3) is 0 Å². The van der Waals surface area contributed by atoms with E-state index in [-0.39, 0.29) is 6.10 Å². The molecule has 0 saturated heterocycles. The lowest BCUT2D eigenvalue weighted by Gasteiger charge is -2.30. The molecule has 3 atom stereocenters. The van der Waals surface area contributed by atoms with Crippen molar-refractivity contribution in [1.29, 1.82) is 0 Å². The zero-order chi connectivity index (χ0) is 8.97. The van der Waals surface area contributed by atoms with Gasteiger partial charge in [-0.25, -0.2) is 0 Å². The lowest BCUT2D eigenvalue weighted by molar-refractivity contribution is 0.0857. The predicted octanol–water partition coefficient (Wildman–Crippen LogP) is 1.68. The van der Waals surface area contributed by atoms with Gasteiger partial charge in [0.2, 0.25) is 0 Å². The number of hydrogen-bond donors (Lipinski definition) is 2. The fraction of sp³-hybridized carbons (Fsp3) is 1.00. The van der Waals surface area contributed by atoms with E-state index in [9.17, 15) is 5.11 Å². The van der Waals surface area contributed by atoms with Crippen LogP contribution in [-0.4, -0.2) is 23.3 Å². The summed E-state index contributed by atoms with van der Waals surface area (Å²) in [5, 5.41) is 13.1. The second-order valence-corrected chi connectivity index (χ2v) is 3.93. The Balaban J connectivity index is 2.28. The molecule has 1 aliphatic rings. The average molecular weight is 171 g/mol. The van der Waals surface area contributed by atoms with Crippen molar-refractivity contribution < 1.29 is 5.11 Å². The van der Waals surface area contributed by atoms with Gasteiger partial charge in [0.1, 0.15) is 0 Å². The number of aliphatic hydroxyl groups is 1. The van der Waals surface area contributed by atoms with E-state index >= 15 is 0 Å². The van der Waals surface area contributed by atoms with Crippen LogP contribution in [0.15, 0.2) is 0 Å². The number of nitrogens with one attached hydrogen (secondary N) is 1. The van der Waals surface area contributed by atoms with Crippen LogP contribution in [0.4, 0.5) is 0 Å². The zero-order valence-electron chi connectivity index (χ0n) is 8.21. The normalized spacial score (nSPS) is 33.2. The van der Waals surface area contributed by atoms with E-state index in [0.717, 1.165) is 19.3 Å². The molecule has 0 amide bonds. The Kier molecular flexibility index (Phi) is 4.02. The lowest BCUT2D eigenvalue weighted by Crippen LogP contribution is -2.45. The molecule has 2 nitrogen and oxygen atoms in total. The second-order valence-electron chi connectivity index (χ2n) is 3.93. The summed E-state index contributed by atoms with van der Waals surface area (Å²) in [5.41, 5.74) is 0. The zero-order valence-corrected chi connectivity index (χ0v) is 8.21. The van der Waals surface area contributed by atoms with Gasteiger partial charge < -0.3 is 10.4 Å². The van der Waals surface area contributed by atoms with Crippen molar-refractivity contribution in [2.45, 2.75) is 64.1 Å². The molecule has 1 aliphatic carbocycles. The summed E-state index contributed by atoms with van der Waals surface area (Å²) in [5.74, 6) is 0. The minimum Gasteiger partial charge on any atom is -0.392 e. The van der Waals surface area contributed by atoms with Crippen LogP contribution in [0.5, 0.6) is 0 Å². The molecule has 2 heteroatoms. The van der Waals surface area contributed by atoms with Crippen molar-refractivity contribution in [3.63, 3.8) is 0 Å². The highest BCUT2D eigenvalue weighted by atomic mass is 16.3. The van der Waals surface area contributed by atoms with Gasteiger partial charge in [-0.05, 0) is 26.2 Å². The van der Waals surface area contributed by atoms with E-state index in [1.165, 1.54) is 12.8 Å². The van der Waals surface area contributed by atoms with Crippen LogP contribution in [0.3, 0.4) is 0 Å². The summed E-state index contributed by atoms with van der Waals surface area (Å²) < 4.78 is 0. The molecular weight excluding hydrogens is 150 g/mol. The Labute approximate surface area is 75.4 Å². The van der Waals surface area contributed by atoms with Gasteiger partial charge >= 0.3 is 0 Å². The molecule has 12 heavy (non-hydrogen) atoms. The van der Waals surface area contributed by atoms with Crippen LogP contribution in [0.25, 0.3) is 0 Å². The standard InChI is InChI=1S/C10H21NO/c1-3-8(2)11-9-6-4-5-7-10(9)12/h8-12H,3-7H2,1-2H3/t8-,9+,10+/m0/s1. The summed E-state index contributed by atoms with van der Waals surface area (Å²) in [6.45, 7) is 4.36. The van der Waals surface area contributed by atoms with Crippen LogP contribution in [-0.2, 0) is 0 Å². The summed E-state index contributed by atoms with van der Waals surface area (Å²) in [7, 11) is 0. The highest BCUT2D eigenvalue weighted by Gasteiger charge is 2.23. The first-order chi connectivity index (χ1) is 5.74. The molecule has 0 unspecified atom stereocenters. The third-order valence-electron chi connectivity index (χ3n) is 2.84. The summed E-state index contributed by atoms with van der Waals surface area (Å²) >= 11 is 0. The van der Waals surface area contributed by atoms with Crippen molar-refractivity contribution >= 4 is 0 Å². The molecule has 0 aliphatic heterocycles. The summed E-state index contributed by atoms with van der Waals surface area (Å²) in [4.78, 5) is 0. The maximum Gasteiger partial charge on any atom is 0.0693 e. The van der Waals surface area contributed by atoms with Crippen LogP contribution in [0, 0.1) is 0 Å². The van der Waals surface area contributed by atoms with E-state index < -0.39 is 0 Å². The predicted molar refractivity (Wildman–Crippen MR) is 51.2 cm³/mol. The molecule has 2 N–H and O–H groups in total.